The summed E-state index contributed by atoms with van der Waals surface area (Å²) in [4.78, 5) is 11.0. The summed E-state index contributed by atoms with van der Waals surface area (Å²) < 4.78 is 11.2. The lowest BCUT2D eigenvalue weighted by Crippen LogP contribution is -2.01. The first-order chi connectivity index (χ1) is 9.31. The minimum atomic E-state index is 0.573. The minimum absolute atomic E-state index is 0.573. The molecule has 0 aromatic heterocycles. The molecule has 1 rings (SSSR count). The molecule has 19 heavy (non-hydrogen) atoms. The quantitative estimate of drug-likeness (QED) is 0.473. The Morgan fingerprint density at radius 3 is 2.53 bits per heavy atom. The van der Waals surface area contributed by atoms with Crippen LogP contribution >= 0.6 is 0 Å². The van der Waals surface area contributed by atoms with Crippen LogP contribution in [0.25, 0.3) is 0 Å². The third kappa shape index (κ3) is 5.88. The fourth-order valence-corrected chi connectivity index (χ4v) is 1.65. The van der Waals surface area contributed by atoms with Crippen LogP contribution in [0.1, 0.15) is 55.5 Å². The van der Waals surface area contributed by atoms with Crippen LogP contribution in [0, 0.1) is 0 Å². The van der Waals surface area contributed by atoms with Gasteiger partial charge in [0, 0.05) is 6.61 Å². The van der Waals surface area contributed by atoms with Crippen molar-refractivity contribution in [1.29, 1.82) is 0 Å². The first-order valence-electron chi connectivity index (χ1n) is 7.10. The standard InChI is InChI=1S/C16H24O3/c1-3-5-9-18-13-14-7-8-15(12-17)16(11-14)19-10-6-4-2/h7-8,11-12H,3-6,9-10,13H2,1-2H3. The molecule has 0 atom stereocenters. The lowest BCUT2D eigenvalue weighted by molar-refractivity contribution is 0.111. The molecule has 0 N–H and O–H groups in total. The Balaban J connectivity index is 2.57. The zero-order valence-corrected chi connectivity index (χ0v) is 12.0. The zero-order valence-electron chi connectivity index (χ0n) is 12.0. The van der Waals surface area contributed by atoms with Crippen LogP contribution in [-0.2, 0) is 11.3 Å². The van der Waals surface area contributed by atoms with E-state index in [-0.39, 0.29) is 0 Å². The number of hydrogen-bond donors (Lipinski definition) is 0. The van der Waals surface area contributed by atoms with E-state index in [9.17, 15) is 4.79 Å². The third-order valence-electron chi connectivity index (χ3n) is 2.87. The van der Waals surface area contributed by atoms with Gasteiger partial charge in [-0.3, -0.25) is 4.79 Å². The second kappa shape index (κ2) is 9.56. The molecule has 3 nitrogen and oxygen atoms in total. The van der Waals surface area contributed by atoms with Crippen LogP contribution in [0.5, 0.6) is 5.75 Å². The van der Waals surface area contributed by atoms with Crippen molar-refractivity contribution in [3.8, 4) is 5.75 Å². The van der Waals surface area contributed by atoms with Gasteiger partial charge in [-0.05, 0) is 30.5 Å². The molecule has 1 aromatic carbocycles. The largest absolute Gasteiger partial charge is 0.493 e. The second-order valence-corrected chi connectivity index (χ2v) is 4.60. The molecular weight excluding hydrogens is 240 g/mol. The molecule has 0 aliphatic heterocycles. The van der Waals surface area contributed by atoms with Crippen LogP contribution < -0.4 is 4.74 Å². The molecule has 0 aliphatic carbocycles. The molecule has 0 spiro atoms. The van der Waals surface area contributed by atoms with E-state index >= 15 is 0 Å². The van der Waals surface area contributed by atoms with Gasteiger partial charge in [0.05, 0.1) is 18.8 Å². The third-order valence-corrected chi connectivity index (χ3v) is 2.87. The summed E-state index contributed by atoms with van der Waals surface area (Å²) >= 11 is 0. The summed E-state index contributed by atoms with van der Waals surface area (Å²) in [5.41, 5.74) is 1.65. The number of carbonyl (C=O) groups is 1. The van der Waals surface area contributed by atoms with E-state index in [2.05, 4.69) is 13.8 Å². The van der Waals surface area contributed by atoms with Crippen molar-refractivity contribution < 1.29 is 14.3 Å². The van der Waals surface area contributed by atoms with Gasteiger partial charge in [-0.15, -0.1) is 0 Å². The summed E-state index contributed by atoms with van der Waals surface area (Å²) in [6.45, 7) is 6.25. The minimum Gasteiger partial charge on any atom is -0.493 e. The number of unbranched alkanes of at least 4 members (excludes halogenated alkanes) is 2. The number of aldehydes is 1. The van der Waals surface area contributed by atoms with Crippen LogP contribution in [0.3, 0.4) is 0 Å². The molecule has 0 saturated heterocycles. The molecule has 106 valence electrons. The molecule has 0 fully saturated rings. The van der Waals surface area contributed by atoms with Crippen molar-refractivity contribution in [3.63, 3.8) is 0 Å². The van der Waals surface area contributed by atoms with Gasteiger partial charge in [0.15, 0.2) is 6.29 Å². The van der Waals surface area contributed by atoms with Gasteiger partial charge in [-0.1, -0.05) is 32.8 Å². The molecule has 0 heterocycles. The fourth-order valence-electron chi connectivity index (χ4n) is 1.65. The molecule has 0 aliphatic rings. The Labute approximate surface area is 115 Å². The summed E-state index contributed by atoms with van der Waals surface area (Å²) in [6, 6.07) is 5.63. The summed E-state index contributed by atoms with van der Waals surface area (Å²) in [5, 5.41) is 0. The van der Waals surface area contributed by atoms with Crippen molar-refractivity contribution in [2.75, 3.05) is 13.2 Å². The molecule has 0 saturated carbocycles. The Morgan fingerprint density at radius 2 is 1.84 bits per heavy atom. The van der Waals surface area contributed by atoms with Crippen molar-refractivity contribution in [3.05, 3.63) is 29.3 Å². The lowest BCUT2D eigenvalue weighted by atomic mass is 10.1. The maximum Gasteiger partial charge on any atom is 0.153 e. The van der Waals surface area contributed by atoms with Gasteiger partial charge in [-0.25, -0.2) is 0 Å². The van der Waals surface area contributed by atoms with E-state index in [0.717, 1.165) is 44.1 Å². The van der Waals surface area contributed by atoms with Crippen molar-refractivity contribution in [2.45, 2.75) is 46.1 Å². The van der Waals surface area contributed by atoms with Gasteiger partial charge in [-0.2, -0.15) is 0 Å². The van der Waals surface area contributed by atoms with Crippen molar-refractivity contribution in [1.82, 2.24) is 0 Å². The SMILES string of the molecule is CCCCOCc1ccc(C=O)c(OCCCC)c1. The van der Waals surface area contributed by atoms with Gasteiger partial charge in [0.25, 0.3) is 0 Å². The van der Waals surface area contributed by atoms with Crippen LogP contribution in [-0.4, -0.2) is 19.5 Å². The molecule has 3 heteroatoms. The smallest absolute Gasteiger partial charge is 0.153 e. The van der Waals surface area contributed by atoms with Crippen LogP contribution in [0.4, 0.5) is 0 Å². The highest BCUT2D eigenvalue weighted by molar-refractivity contribution is 5.79. The fraction of sp³-hybridized carbons (Fsp3) is 0.562. The molecule has 0 unspecified atom stereocenters. The average molecular weight is 264 g/mol. The summed E-state index contributed by atoms with van der Waals surface area (Å²) in [5.74, 6) is 0.667. The highest BCUT2D eigenvalue weighted by atomic mass is 16.5. The number of carbonyl (C=O) groups excluding carboxylic acids is 1. The normalized spacial score (nSPS) is 10.4. The summed E-state index contributed by atoms with van der Waals surface area (Å²) in [7, 11) is 0. The highest BCUT2D eigenvalue weighted by Gasteiger charge is 2.05. The average Bonchev–Trinajstić information content (AvgIpc) is 2.44. The van der Waals surface area contributed by atoms with Gasteiger partial charge >= 0.3 is 0 Å². The monoisotopic (exact) mass is 264 g/mol. The van der Waals surface area contributed by atoms with E-state index in [1.807, 2.05) is 12.1 Å². The first-order valence-corrected chi connectivity index (χ1v) is 7.10. The van der Waals surface area contributed by atoms with E-state index in [1.165, 1.54) is 0 Å². The van der Waals surface area contributed by atoms with Crippen molar-refractivity contribution >= 4 is 6.29 Å². The molecule has 0 amide bonds. The number of ether oxygens (including phenoxy) is 2. The maximum atomic E-state index is 11.0. The molecule has 1 aromatic rings. The number of benzene rings is 1. The van der Waals surface area contributed by atoms with Crippen LogP contribution in [0.15, 0.2) is 18.2 Å². The Bertz CT molecular complexity index is 374. The topological polar surface area (TPSA) is 35.5 Å². The first kappa shape index (κ1) is 15.7. The van der Waals surface area contributed by atoms with Gasteiger partial charge < -0.3 is 9.47 Å². The number of rotatable bonds is 10. The van der Waals surface area contributed by atoms with E-state index in [0.29, 0.717) is 24.5 Å². The van der Waals surface area contributed by atoms with Crippen LogP contribution in [0.2, 0.25) is 0 Å². The molecular formula is C16H24O3. The Morgan fingerprint density at radius 1 is 1.11 bits per heavy atom. The van der Waals surface area contributed by atoms with Crippen molar-refractivity contribution in [2.24, 2.45) is 0 Å². The maximum absolute atomic E-state index is 11.0. The van der Waals surface area contributed by atoms with E-state index in [4.69, 9.17) is 9.47 Å². The zero-order chi connectivity index (χ0) is 13.9. The summed E-state index contributed by atoms with van der Waals surface area (Å²) in [6.07, 6.45) is 5.12. The lowest BCUT2D eigenvalue weighted by Gasteiger charge is -2.10. The predicted molar refractivity (Wildman–Crippen MR) is 76.8 cm³/mol. The molecule has 0 radical (unpaired) electrons. The highest BCUT2D eigenvalue weighted by Crippen LogP contribution is 2.20. The van der Waals surface area contributed by atoms with E-state index in [1.54, 1.807) is 6.07 Å². The molecule has 0 bridgehead atoms. The predicted octanol–water partition coefficient (Wildman–Crippen LogP) is 3.99. The van der Waals surface area contributed by atoms with Gasteiger partial charge in [0.2, 0.25) is 0 Å². The Kier molecular flexibility index (Phi) is 7.91. The van der Waals surface area contributed by atoms with E-state index < -0.39 is 0 Å². The van der Waals surface area contributed by atoms with Gasteiger partial charge in [0.1, 0.15) is 5.75 Å². The second-order valence-electron chi connectivity index (χ2n) is 4.60. The number of hydrogen-bond acceptors (Lipinski definition) is 3. The Hall–Kier alpha value is -1.35.